The molecule has 5 aliphatic rings. The van der Waals surface area contributed by atoms with E-state index in [-0.39, 0.29) is 51.7 Å². The summed E-state index contributed by atoms with van der Waals surface area (Å²) in [7, 11) is 0. The second-order valence-corrected chi connectivity index (χ2v) is 15.3. The highest BCUT2D eigenvalue weighted by Gasteiger charge is 2.74. The Balaban J connectivity index is 1.64. The quantitative estimate of drug-likeness (QED) is 0.466. The van der Waals surface area contributed by atoms with Gasteiger partial charge in [-0.3, -0.25) is 14.4 Å². The van der Waals surface area contributed by atoms with Crippen molar-refractivity contribution in [3.8, 4) is 0 Å². The van der Waals surface area contributed by atoms with Crippen molar-refractivity contribution in [2.24, 2.45) is 50.7 Å². The average Bonchev–Trinajstić information content (AvgIpc) is 2.81. The molecule has 1 aliphatic heterocycles. The van der Waals surface area contributed by atoms with Crippen molar-refractivity contribution >= 4 is 17.7 Å². The third-order valence-electron chi connectivity index (χ3n) is 12.8. The molecule has 6 nitrogen and oxygen atoms in total. The lowest BCUT2D eigenvalue weighted by Gasteiger charge is -2.71. The van der Waals surface area contributed by atoms with Crippen LogP contribution in [0.1, 0.15) is 106 Å². The Hall–Kier alpha value is -1.43. The van der Waals surface area contributed by atoms with Crippen molar-refractivity contribution in [3.05, 3.63) is 0 Å². The first-order valence-corrected chi connectivity index (χ1v) is 14.1. The molecule has 0 aromatic heterocycles. The van der Waals surface area contributed by atoms with Gasteiger partial charge in [0.15, 0.2) is 0 Å². The van der Waals surface area contributed by atoms with Crippen LogP contribution in [-0.4, -0.2) is 39.6 Å². The number of esters is 1. The first kappa shape index (κ1) is 26.2. The van der Waals surface area contributed by atoms with Crippen LogP contribution in [0.3, 0.4) is 0 Å². The minimum Gasteiger partial charge on any atom is -0.481 e. The fourth-order valence-corrected chi connectivity index (χ4v) is 10.8. The molecule has 1 heterocycles. The summed E-state index contributed by atoms with van der Waals surface area (Å²) in [6.07, 6.45) is 4.47. The van der Waals surface area contributed by atoms with Gasteiger partial charge in [0, 0.05) is 24.7 Å². The molecule has 1 saturated heterocycles. The SMILES string of the molecule is CC1(C)CC[C@]2(C(=O)O)[C@H](O)C[C@]3(C)[C@H](C(=O)C[C@@H]4[C@@]5(C)CCC(=O)OC(C)(C)[C@@H]5CC[C@]43C)[C@@H]2C1. The van der Waals surface area contributed by atoms with E-state index >= 15 is 0 Å². The molecule has 202 valence electrons. The van der Waals surface area contributed by atoms with Crippen molar-refractivity contribution in [2.45, 2.75) is 118 Å². The molecule has 0 aromatic rings. The van der Waals surface area contributed by atoms with Gasteiger partial charge in [-0.25, -0.2) is 0 Å². The van der Waals surface area contributed by atoms with Crippen LogP contribution in [0.5, 0.6) is 0 Å². The van der Waals surface area contributed by atoms with Gasteiger partial charge in [0.2, 0.25) is 0 Å². The van der Waals surface area contributed by atoms with Crippen LogP contribution in [0.25, 0.3) is 0 Å². The minimum atomic E-state index is -1.25. The molecule has 0 amide bonds. The lowest BCUT2D eigenvalue weighted by molar-refractivity contribution is -0.255. The summed E-state index contributed by atoms with van der Waals surface area (Å²) in [4.78, 5) is 39.7. The van der Waals surface area contributed by atoms with E-state index in [1.54, 1.807) is 0 Å². The number of rotatable bonds is 1. The maximum absolute atomic E-state index is 14.3. The fourth-order valence-electron chi connectivity index (χ4n) is 10.8. The van der Waals surface area contributed by atoms with Crippen LogP contribution in [0.2, 0.25) is 0 Å². The predicted octanol–water partition coefficient (Wildman–Crippen LogP) is 5.40. The van der Waals surface area contributed by atoms with E-state index in [0.717, 1.165) is 19.3 Å². The zero-order valence-electron chi connectivity index (χ0n) is 23.3. The van der Waals surface area contributed by atoms with Gasteiger partial charge < -0.3 is 14.9 Å². The molecule has 0 bridgehead atoms. The maximum atomic E-state index is 14.3. The number of carboxylic acids is 1. The summed E-state index contributed by atoms with van der Waals surface area (Å²) in [5.41, 5.74) is -2.89. The Labute approximate surface area is 215 Å². The number of fused-ring (bicyclic) bond motifs is 7. The van der Waals surface area contributed by atoms with Crippen molar-refractivity contribution in [2.75, 3.05) is 0 Å². The Bertz CT molecular complexity index is 999. The number of aliphatic hydroxyl groups excluding tert-OH is 1. The smallest absolute Gasteiger partial charge is 0.312 e. The molecule has 4 saturated carbocycles. The number of carbonyl (C=O) groups excluding carboxylic acids is 2. The number of hydrogen-bond donors (Lipinski definition) is 2. The molecule has 0 spiro atoms. The normalized spacial score (nSPS) is 51.5. The molecule has 2 N–H and O–H groups in total. The van der Waals surface area contributed by atoms with Crippen molar-refractivity contribution in [1.82, 2.24) is 0 Å². The summed E-state index contributed by atoms with van der Waals surface area (Å²) < 4.78 is 5.93. The highest BCUT2D eigenvalue weighted by molar-refractivity contribution is 5.86. The molecule has 0 unspecified atom stereocenters. The van der Waals surface area contributed by atoms with Crippen LogP contribution in [0.15, 0.2) is 0 Å². The predicted molar refractivity (Wildman–Crippen MR) is 135 cm³/mol. The fraction of sp³-hybridized carbons (Fsp3) is 0.900. The molecule has 5 fully saturated rings. The molecule has 5 rings (SSSR count). The topological polar surface area (TPSA) is 101 Å². The molecule has 9 atom stereocenters. The van der Waals surface area contributed by atoms with Crippen LogP contribution < -0.4 is 0 Å². The molecule has 4 aliphatic carbocycles. The molecule has 6 heteroatoms. The second-order valence-electron chi connectivity index (χ2n) is 15.3. The lowest BCUT2D eigenvalue weighted by atomic mass is 9.32. The van der Waals surface area contributed by atoms with E-state index < -0.39 is 28.5 Å². The maximum Gasteiger partial charge on any atom is 0.312 e. The number of carbonyl (C=O) groups is 3. The highest BCUT2D eigenvalue weighted by atomic mass is 16.6. The monoisotopic (exact) mass is 502 g/mol. The van der Waals surface area contributed by atoms with Gasteiger partial charge in [-0.15, -0.1) is 0 Å². The van der Waals surface area contributed by atoms with E-state index in [9.17, 15) is 24.6 Å². The molecular formula is C30H46O6. The molecular weight excluding hydrogens is 456 g/mol. The Morgan fingerprint density at radius 1 is 0.889 bits per heavy atom. The van der Waals surface area contributed by atoms with Crippen LogP contribution in [0, 0.1) is 50.7 Å². The summed E-state index contributed by atoms with van der Waals surface area (Å²) in [6.45, 7) is 15.2. The Morgan fingerprint density at radius 2 is 1.56 bits per heavy atom. The van der Waals surface area contributed by atoms with Crippen molar-refractivity contribution in [3.63, 3.8) is 0 Å². The first-order valence-electron chi connectivity index (χ1n) is 14.1. The Morgan fingerprint density at radius 3 is 2.19 bits per heavy atom. The highest BCUT2D eigenvalue weighted by Crippen LogP contribution is 2.75. The van der Waals surface area contributed by atoms with E-state index in [1.807, 2.05) is 13.8 Å². The number of aliphatic carboxylic acids is 1. The molecule has 0 aromatic carbocycles. The van der Waals surface area contributed by atoms with Crippen molar-refractivity contribution < 1.29 is 29.3 Å². The van der Waals surface area contributed by atoms with Gasteiger partial charge in [-0.1, -0.05) is 34.6 Å². The summed E-state index contributed by atoms with van der Waals surface area (Å²) in [5.74, 6) is -1.43. The zero-order valence-corrected chi connectivity index (χ0v) is 23.3. The number of hydrogen-bond acceptors (Lipinski definition) is 5. The van der Waals surface area contributed by atoms with Gasteiger partial charge in [0.05, 0.1) is 11.5 Å². The van der Waals surface area contributed by atoms with E-state index in [1.165, 1.54) is 0 Å². The molecule has 36 heavy (non-hydrogen) atoms. The number of ketones is 1. The third kappa shape index (κ3) is 3.15. The van der Waals surface area contributed by atoms with Gasteiger partial charge in [0.1, 0.15) is 11.4 Å². The van der Waals surface area contributed by atoms with Gasteiger partial charge in [-0.05, 0) is 92.3 Å². The Kier molecular flexibility index (Phi) is 5.51. The number of Topliss-reactive ketones (excluding diaryl/α,β-unsaturated/α-hetero) is 1. The van der Waals surface area contributed by atoms with Crippen LogP contribution in [-0.2, 0) is 19.1 Å². The summed E-state index contributed by atoms with van der Waals surface area (Å²) in [5, 5.41) is 22.2. The van der Waals surface area contributed by atoms with Gasteiger partial charge in [-0.2, -0.15) is 0 Å². The summed E-state index contributed by atoms with van der Waals surface area (Å²) >= 11 is 0. The zero-order chi connectivity index (χ0) is 26.7. The number of cyclic esters (lactones) is 1. The van der Waals surface area contributed by atoms with Gasteiger partial charge in [0.25, 0.3) is 0 Å². The first-order chi connectivity index (χ1) is 16.4. The van der Waals surface area contributed by atoms with E-state index in [2.05, 4.69) is 34.6 Å². The van der Waals surface area contributed by atoms with E-state index in [0.29, 0.717) is 38.5 Å². The lowest BCUT2D eigenvalue weighted by Crippen LogP contribution is -2.71. The van der Waals surface area contributed by atoms with Crippen LogP contribution >= 0.6 is 0 Å². The second kappa shape index (κ2) is 7.57. The number of aliphatic hydroxyl groups is 1. The third-order valence-corrected chi connectivity index (χ3v) is 12.8. The molecule has 0 radical (unpaired) electrons. The minimum absolute atomic E-state index is 0.0624. The number of carboxylic acid groups (broad SMARTS) is 1. The van der Waals surface area contributed by atoms with Crippen LogP contribution in [0.4, 0.5) is 0 Å². The van der Waals surface area contributed by atoms with E-state index in [4.69, 9.17) is 4.74 Å². The number of ether oxygens (including phenoxy) is 1. The van der Waals surface area contributed by atoms with Crippen molar-refractivity contribution in [1.29, 1.82) is 0 Å². The average molecular weight is 503 g/mol. The standard InChI is InChI=1S/C30H46O6/c1-25(2)12-13-30(24(34)35)17(15-25)23-18(31)14-20-27(5)10-9-22(33)36-26(3,4)19(27)8-11-28(20,6)29(23,7)16-21(30)32/h17,19-21,23,32H,8-16H2,1-7H3,(H,34,35)/t17-,19-,20+,21+,23-,27-,28+,29+,30+/m0/s1. The largest absolute Gasteiger partial charge is 0.481 e. The van der Waals surface area contributed by atoms with Gasteiger partial charge >= 0.3 is 11.9 Å². The summed E-state index contributed by atoms with van der Waals surface area (Å²) in [6, 6.07) is 0.